The smallest absolute Gasteiger partial charge is 0.123 e. The number of aliphatic hydroxyl groups excluding tert-OH is 1. The lowest BCUT2D eigenvalue weighted by Gasteiger charge is -2.26. The molecule has 1 aromatic carbocycles. The lowest BCUT2D eigenvalue weighted by atomic mass is 9.83. The molecular weight excluding hydrogens is 238 g/mol. The van der Waals surface area contributed by atoms with Gasteiger partial charge in [-0.1, -0.05) is 26.8 Å². The van der Waals surface area contributed by atoms with Gasteiger partial charge < -0.3 is 15.6 Å². The van der Waals surface area contributed by atoms with Crippen LogP contribution in [-0.4, -0.2) is 18.8 Å². The molecule has 3 heteroatoms. The van der Waals surface area contributed by atoms with E-state index in [1.807, 2.05) is 6.07 Å². The average Bonchev–Trinajstić information content (AvgIpc) is 3.17. The van der Waals surface area contributed by atoms with E-state index in [1.165, 1.54) is 5.56 Å². The molecule has 0 bridgehead atoms. The molecule has 1 unspecified atom stereocenters. The van der Waals surface area contributed by atoms with Crippen LogP contribution in [0.15, 0.2) is 18.2 Å². The van der Waals surface area contributed by atoms with Crippen molar-refractivity contribution in [3.8, 4) is 5.75 Å². The van der Waals surface area contributed by atoms with Crippen LogP contribution in [0.1, 0.15) is 50.8 Å². The number of aliphatic hydroxyl groups is 1. The Labute approximate surface area is 115 Å². The maximum Gasteiger partial charge on any atom is 0.123 e. The Hall–Kier alpha value is -1.06. The summed E-state index contributed by atoms with van der Waals surface area (Å²) in [5.41, 5.74) is 8.60. The van der Waals surface area contributed by atoms with Gasteiger partial charge in [0.05, 0.1) is 13.7 Å². The molecule has 3 nitrogen and oxygen atoms in total. The van der Waals surface area contributed by atoms with E-state index in [0.717, 1.165) is 24.2 Å². The predicted octanol–water partition coefficient (Wildman–Crippen LogP) is 2.77. The quantitative estimate of drug-likeness (QED) is 0.878. The maximum atomic E-state index is 9.56. The van der Waals surface area contributed by atoms with E-state index in [-0.39, 0.29) is 23.5 Å². The van der Waals surface area contributed by atoms with Crippen molar-refractivity contribution in [3.63, 3.8) is 0 Å². The Kier molecular flexibility index (Phi) is 3.63. The Morgan fingerprint density at radius 2 is 2.00 bits per heavy atom. The minimum Gasteiger partial charge on any atom is -0.496 e. The molecule has 1 aromatic rings. The summed E-state index contributed by atoms with van der Waals surface area (Å²) >= 11 is 0. The molecule has 0 aliphatic heterocycles. The van der Waals surface area contributed by atoms with Gasteiger partial charge in [-0.15, -0.1) is 0 Å². The first-order valence-corrected chi connectivity index (χ1v) is 6.89. The molecule has 0 aromatic heterocycles. The third-order valence-electron chi connectivity index (χ3n) is 4.30. The zero-order valence-corrected chi connectivity index (χ0v) is 12.4. The fourth-order valence-electron chi connectivity index (χ4n) is 2.50. The third kappa shape index (κ3) is 2.63. The Bertz CT molecular complexity index is 458. The highest BCUT2D eigenvalue weighted by molar-refractivity contribution is 5.43. The van der Waals surface area contributed by atoms with Crippen molar-refractivity contribution in [2.75, 3.05) is 13.7 Å². The van der Waals surface area contributed by atoms with Crippen molar-refractivity contribution in [1.29, 1.82) is 0 Å². The number of benzene rings is 1. The van der Waals surface area contributed by atoms with Gasteiger partial charge in [-0.3, -0.25) is 0 Å². The molecule has 0 spiro atoms. The summed E-state index contributed by atoms with van der Waals surface area (Å²) in [6, 6.07) is 6.06. The number of hydrogen-bond donors (Lipinski definition) is 2. The van der Waals surface area contributed by atoms with Gasteiger partial charge in [-0.25, -0.2) is 0 Å². The molecule has 1 aliphatic rings. The SMILES string of the molecule is COc1ccc(C(C)(C)C)cc1C(N)C1(CO)CC1. The van der Waals surface area contributed by atoms with E-state index >= 15 is 0 Å². The second-order valence-electron chi connectivity index (χ2n) is 6.70. The van der Waals surface area contributed by atoms with E-state index in [0.29, 0.717) is 0 Å². The van der Waals surface area contributed by atoms with Crippen LogP contribution in [0.4, 0.5) is 0 Å². The summed E-state index contributed by atoms with van der Waals surface area (Å²) < 4.78 is 5.44. The molecule has 0 amide bonds. The van der Waals surface area contributed by atoms with Crippen molar-refractivity contribution in [2.45, 2.75) is 45.1 Å². The van der Waals surface area contributed by atoms with Crippen LogP contribution in [0.25, 0.3) is 0 Å². The molecule has 1 aliphatic carbocycles. The van der Waals surface area contributed by atoms with Crippen molar-refractivity contribution in [2.24, 2.45) is 11.1 Å². The molecule has 3 N–H and O–H groups in total. The van der Waals surface area contributed by atoms with Gasteiger partial charge in [0.2, 0.25) is 0 Å². The van der Waals surface area contributed by atoms with Crippen molar-refractivity contribution in [1.82, 2.24) is 0 Å². The highest BCUT2D eigenvalue weighted by Crippen LogP contribution is 2.54. The second-order valence-corrected chi connectivity index (χ2v) is 6.70. The zero-order valence-electron chi connectivity index (χ0n) is 12.4. The van der Waals surface area contributed by atoms with Gasteiger partial charge in [-0.2, -0.15) is 0 Å². The highest BCUT2D eigenvalue weighted by Gasteiger charge is 2.48. The Morgan fingerprint density at radius 1 is 1.37 bits per heavy atom. The zero-order chi connectivity index (χ0) is 14.3. The molecule has 0 radical (unpaired) electrons. The van der Waals surface area contributed by atoms with Gasteiger partial charge in [-0.05, 0) is 36.0 Å². The van der Waals surface area contributed by atoms with Crippen molar-refractivity contribution in [3.05, 3.63) is 29.3 Å². The van der Waals surface area contributed by atoms with Gasteiger partial charge in [0.25, 0.3) is 0 Å². The van der Waals surface area contributed by atoms with Crippen molar-refractivity contribution < 1.29 is 9.84 Å². The fraction of sp³-hybridized carbons (Fsp3) is 0.625. The summed E-state index contributed by atoms with van der Waals surface area (Å²) in [5.74, 6) is 0.820. The molecular formula is C16H25NO2. The lowest BCUT2D eigenvalue weighted by molar-refractivity contribution is 0.186. The second kappa shape index (κ2) is 4.80. The minimum atomic E-state index is -0.158. The summed E-state index contributed by atoms with van der Waals surface area (Å²) in [5, 5.41) is 9.56. The molecule has 19 heavy (non-hydrogen) atoms. The summed E-state index contributed by atoms with van der Waals surface area (Å²) in [6.45, 7) is 6.70. The third-order valence-corrected chi connectivity index (χ3v) is 4.30. The molecule has 1 saturated carbocycles. The van der Waals surface area contributed by atoms with Crippen LogP contribution < -0.4 is 10.5 Å². The largest absolute Gasteiger partial charge is 0.496 e. The number of ether oxygens (including phenoxy) is 1. The Balaban J connectivity index is 2.42. The molecule has 106 valence electrons. The summed E-state index contributed by atoms with van der Waals surface area (Å²) in [7, 11) is 1.67. The van der Waals surface area contributed by atoms with E-state index in [9.17, 15) is 5.11 Å². The van der Waals surface area contributed by atoms with E-state index in [1.54, 1.807) is 7.11 Å². The van der Waals surface area contributed by atoms with Crippen LogP contribution in [-0.2, 0) is 5.41 Å². The number of nitrogens with two attached hydrogens (primary N) is 1. The van der Waals surface area contributed by atoms with E-state index in [2.05, 4.69) is 32.9 Å². The predicted molar refractivity (Wildman–Crippen MR) is 77.4 cm³/mol. The highest BCUT2D eigenvalue weighted by atomic mass is 16.5. The first kappa shape index (κ1) is 14.4. The van der Waals surface area contributed by atoms with E-state index < -0.39 is 0 Å². The number of hydrogen-bond acceptors (Lipinski definition) is 3. The first-order valence-electron chi connectivity index (χ1n) is 6.89. The van der Waals surface area contributed by atoms with Crippen LogP contribution in [0.5, 0.6) is 5.75 Å². The lowest BCUT2D eigenvalue weighted by Crippen LogP contribution is -2.27. The van der Waals surface area contributed by atoms with Gasteiger partial charge in [0.15, 0.2) is 0 Å². The summed E-state index contributed by atoms with van der Waals surface area (Å²) in [4.78, 5) is 0. The van der Waals surface area contributed by atoms with Crippen LogP contribution in [0.2, 0.25) is 0 Å². The van der Waals surface area contributed by atoms with Gasteiger partial charge in [0, 0.05) is 17.0 Å². The molecule has 1 atom stereocenters. The number of methoxy groups -OCH3 is 1. The topological polar surface area (TPSA) is 55.5 Å². The minimum absolute atomic E-state index is 0.0800. The average molecular weight is 263 g/mol. The normalized spacial score (nSPS) is 19.1. The fourth-order valence-corrected chi connectivity index (χ4v) is 2.50. The van der Waals surface area contributed by atoms with Crippen LogP contribution in [0, 0.1) is 5.41 Å². The van der Waals surface area contributed by atoms with Crippen LogP contribution >= 0.6 is 0 Å². The monoisotopic (exact) mass is 263 g/mol. The molecule has 1 fully saturated rings. The van der Waals surface area contributed by atoms with E-state index in [4.69, 9.17) is 10.5 Å². The maximum absolute atomic E-state index is 9.56. The van der Waals surface area contributed by atoms with Crippen LogP contribution in [0.3, 0.4) is 0 Å². The van der Waals surface area contributed by atoms with Gasteiger partial charge >= 0.3 is 0 Å². The Morgan fingerprint density at radius 3 is 2.42 bits per heavy atom. The van der Waals surface area contributed by atoms with Gasteiger partial charge in [0.1, 0.15) is 5.75 Å². The van der Waals surface area contributed by atoms with Crippen molar-refractivity contribution >= 4 is 0 Å². The molecule has 2 rings (SSSR count). The molecule has 0 heterocycles. The molecule has 0 saturated heterocycles. The first-order chi connectivity index (χ1) is 8.84. The summed E-state index contributed by atoms with van der Waals surface area (Å²) in [6.07, 6.45) is 1.99. The standard InChI is InChI=1S/C16H25NO2/c1-15(2,3)11-5-6-13(19-4)12(9-11)14(17)16(10-18)7-8-16/h5-6,9,14,18H,7-8,10,17H2,1-4H3. The number of rotatable bonds is 4.